The van der Waals surface area contributed by atoms with Crippen molar-refractivity contribution in [2.45, 2.75) is 18.2 Å². The minimum absolute atomic E-state index is 0.0426. The van der Waals surface area contributed by atoms with Crippen LogP contribution in [-0.2, 0) is 21.2 Å². The van der Waals surface area contributed by atoms with Crippen molar-refractivity contribution in [3.8, 4) is 11.5 Å². The largest absolute Gasteiger partial charge is 0.495 e. The van der Waals surface area contributed by atoms with Crippen LogP contribution in [0, 0.1) is 6.92 Å². The third-order valence-electron chi connectivity index (χ3n) is 5.18. The highest BCUT2D eigenvalue weighted by Crippen LogP contribution is 2.34. The van der Waals surface area contributed by atoms with Gasteiger partial charge in [0.2, 0.25) is 5.91 Å². The Balaban J connectivity index is 1.92. The number of aryl methyl sites for hydroxylation is 1. The van der Waals surface area contributed by atoms with Crippen LogP contribution in [0.3, 0.4) is 0 Å². The Morgan fingerprint density at radius 2 is 1.65 bits per heavy atom. The number of ether oxygens (including phenoxy) is 2. The van der Waals surface area contributed by atoms with E-state index in [2.05, 4.69) is 5.32 Å². The molecular formula is C25H27ClN2O5S. The first-order chi connectivity index (χ1) is 16.3. The van der Waals surface area contributed by atoms with Crippen LogP contribution in [0.4, 0.5) is 5.69 Å². The highest BCUT2D eigenvalue weighted by molar-refractivity contribution is 7.93. The fourth-order valence-electron chi connectivity index (χ4n) is 3.41. The second-order valence-corrected chi connectivity index (χ2v) is 9.81. The van der Waals surface area contributed by atoms with Gasteiger partial charge in [-0.15, -0.1) is 0 Å². The van der Waals surface area contributed by atoms with Crippen molar-refractivity contribution < 1.29 is 22.7 Å². The third-order valence-corrected chi connectivity index (χ3v) is 7.27. The molecule has 0 unspecified atom stereocenters. The predicted molar refractivity (Wildman–Crippen MR) is 133 cm³/mol. The molecule has 0 bridgehead atoms. The predicted octanol–water partition coefficient (Wildman–Crippen LogP) is 4.22. The van der Waals surface area contributed by atoms with Gasteiger partial charge in [-0.25, -0.2) is 8.42 Å². The van der Waals surface area contributed by atoms with Crippen LogP contribution in [-0.4, -0.2) is 41.6 Å². The van der Waals surface area contributed by atoms with Gasteiger partial charge in [0.05, 0.1) is 24.9 Å². The van der Waals surface area contributed by atoms with Crippen molar-refractivity contribution in [2.24, 2.45) is 0 Å². The van der Waals surface area contributed by atoms with E-state index >= 15 is 0 Å². The molecule has 3 aromatic carbocycles. The number of hydrogen-bond acceptors (Lipinski definition) is 5. The molecule has 0 saturated carbocycles. The summed E-state index contributed by atoms with van der Waals surface area (Å²) in [6, 6.07) is 19.1. The van der Waals surface area contributed by atoms with Crippen LogP contribution in [0.2, 0.25) is 5.02 Å². The molecule has 1 amide bonds. The van der Waals surface area contributed by atoms with E-state index in [1.807, 2.05) is 30.3 Å². The van der Waals surface area contributed by atoms with E-state index in [9.17, 15) is 13.2 Å². The third kappa shape index (κ3) is 6.01. The number of nitrogens with zero attached hydrogens (tertiary/aromatic N) is 1. The van der Waals surface area contributed by atoms with Crippen LogP contribution >= 0.6 is 11.6 Å². The lowest BCUT2D eigenvalue weighted by atomic mass is 10.1. The van der Waals surface area contributed by atoms with Crippen LogP contribution in [0.25, 0.3) is 0 Å². The molecule has 3 rings (SSSR count). The molecule has 0 spiro atoms. The average molecular weight is 503 g/mol. The van der Waals surface area contributed by atoms with E-state index in [0.717, 1.165) is 15.4 Å². The molecule has 0 atom stereocenters. The summed E-state index contributed by atoms with van der Waals surface area (Å²) in [6.07, 6.45) is 0.624. The molecule has 9 heteroatoms. The lowest BCUT2D eigenvalue weighted by Gasteiger charge is -2.25. The number of nitrogens with one attached hydrogen (secondary N) is 1. The topological polar surface area (TPSA) is 84.9 Å². The van der Waals surface area contributed by atoms with Crippen molar-refractivity contribution >= 4 is 33.2 Å². The number of hydrogen-bond donors (Lipinski definition) is 1. The van der Waals surface area contributed by atoms with Gasteiger partial charge in [0, 0.05) is 6.54 Å². The van der Waals surface area contributed by atoms with Crippen molar-refractivity contribution in [1.29, 1.82) is 0 Å². The van der Waals surface area contributed by atoms with Crippen LogP contribution in [0.15, 0.2) is 71.6 Å². The van der Waals surface area contributed by atoms with E-state index in [0.29, 0.717) is 18.7 Å². The Kier molecular flexibility index (Phi) is 8.41. The van der Waals surface area contributed by atoms with E-state index < -0.39 is 22.5 Å². The zero-order valence-corrected chi connectivity index (χ0v) is 20.8. The maximum absolute atomic E-state index is 13.8. The van der Waals surface area contributed by atoms with Gasteiger partial charge in [0.1, 0.15) is 22.9 Å². The van der Waals surface area contributed by atoms with Gasteiger partial charge in [-0.2, -0.15) is 0 Å². The number of sulfonamides is 1. The van der Waals surface area contributed by atoms with Crippen molar-refractivity contribution in [3.63, 3.8) is 0 Å². The number of benzene rings is 3. The summed E-state index contributed by atoms with van der Waals surface area (Å²) in [6.45, 7) is 1.72. The first-order valence-electron chi connectivity index (χ1n) is 10.6. The average Bonchev–Trinajstić information content (AvgIpc) is 2.83. The van der Waals surface area contributed by atoms with Gasteiger partial charge in [-0.1, -0.05) is 48.0 Å². The SMILES string of the molecule is COc1ccc(N(CC(=O)NCCc2ccccc2)S(=O)(=O)c2cc(C)ccc2OC)cc1Cl. The Morgan fingerprint density at radius 3 is 2.29 bits per heavy atom. The van der Waals surface area contributed by atoms with Crippen LogP contribution in [0.1, 0.15) is 11.1 Å². The molecule has 180 valence electrons. The number of methoxy groups -OCH3 is 2. The molecule has 34 heavy (non-hydrogen) atoms. The molecule has 0 aliphatic carbocycles. The Morgan fingerprint density at radius 1 is 0.971 bits per heavy atom. The number of halogens is 1. The second-order valence-electron chi connectivity index (χ2n) is 7.57. The first-order valence-corrected chi connectivity index (χ1v) is 12.4. The maximum atomic E-state index is 13.8. The summed E-state index contributed by atoms with van der Waals surface area (Å²) >= 11 is 6.27. The monoisotopic (exact) mass is 502 g/mol. The molecule has 0 saturated heterocycles. The quantitative estimate of drug-likeness (QED) is 0.448. The highest BCUT2D eigenvalue weighted by Gasteiger charge is 2.30. The zero-order valence-electron chi connectivity index (χ0n) is 19.2. The summed E-state index contributed by atoms with van der Waals surface area (Å²) in [5, 5.41) is 3.02. The molecule has 0 radical (unpaired) electrons. The molecule has 7 nitrogen and oxygen atoms in total. The van der Waals surface area contributed by atoms with Gasteiger partial charge in [-0.3, -0.25) is 9.10 Å². The molecule has 3 aromatic rings. The van der Waals surface area contributed by atoms with Gasteiger partial charge in [0.25, 0.3) is 10.0 Å². The van der Waals surface area contributed by atoms with Gasteiger partial charge < -0.3 is 14.8 Å². The Hall–Kier alpha value is -3.23. The lowest BCUT2D eigenvalue weighted by Crippen LogP contribution is -2.41. The number of anilines is 1. The molecule has 1 N–H and O–H groups in total. The minimum Gasteiger partial charge on any atom is -0.495 e. The Bertz CT molecular complexity index is 1250. The molecule has 0 aromatic heterocycles. The van der Waals surface area contributed by atoms with E-state index in [-0.39, 0.29) is 21.4 Å². The summed E-state index contributed by atoms with van der Waals surface area (Å²) in [4.78, 5) is 12.8. The van der Waals surface area contributed by atoms with Crippen LogP contribution < -0.4 is 19.1 Å². The maximum Gasteiger partial charge on any atom is 0.268 e. The molecule has 0 aliphatic heterocycles. The summed E-state index contributed by atoms with van der Waals surface area (Å²) in [5.74, 6) is 0.126. The second kappa shape index (κ2) is 11.3. The molecule has 0 aliphatic rings. The normalized spacial score (nSPS) is 11.1. The van der Waals surface area contributed by atoms with Gasteiger partial charge >= 0.3 is 0 Å². The van der Waals surface area contributed by atoms with Gasteiger partial charge in [-0.05, 0) is 54.8 Å². The van der Waals surface area contributed by atoms with Crippen molar-refractivity contribution in [1.82, 2.24) is 5.32 Å². The molecule has 0 fully saturated rings. The van der Waals surface area contributed by atoms with Gasteiger partial charge in [0.15, 0.2) is 0 Å². The summed E-state index contributed by atoms with van der Waals surface area (Å²) < 4.78 is 39.0. The fraction of sp³-hybridized carbons (Fsp3) is 0.240. The molecule has 0 heterocycles. The number of rotatable bonds is 10. The summed E-state index contributed by atoms with van der Waals surface area (Å²) in [5.41, 5.74) is 2.03. The Labute approximate surface area is 205 Å². The van der Waals surface area contributed by atoms with E-state index in [1.54, 1.807) is 31.2 Å². The highest BCUT2D eigenvalue weighted by atomic mass is 35.5. The van der Waals surface area contributed by atoms with E-state index in [1.165, 1.54) is 26.4 Å². The number of carbonyl (C=O) groups is 1. The lowest BCUT2D eigenvalue weighted by molar-refractivity contribution is -0.119. The van der Waals surface area contributed by atoms with Crippen molar-refractivity contribution in [2.75, 3.05) is 31.6 Å². The minimum atomic E-state index is -4.18. The zero-order chi connectivity index (χ0) is 24.7. The fourth-order valence-corrected chi connectivity index (χ4v) is 5.32. The number of amides is 1. The first kappa shape index (κ1) is 25.4. The van der Waals surface area contributed by atoms with Crippen LogP contribution in [0.5, 0.6) is 11.5 Å². The molecular weight excluding hydrogens is 476 g/mol. The van der Waals surface area contributed by atoms with Crippen molar-refractivity contribution in [3.05, 3.63) is 82.9 Å². The smallest absolute Gasteiger partial charge is 0.268 e. The van der Waals surface area contributed by atoms with E-state index in [4.69, 9.17) is 21.1 Å². The summed E-state index contributed by atoms with van der Waals surface area (Å²) in [7, 11) is -1.32. The number of carbonyl (C=O) groups excluding carboxylic acids is 1. The standard InChI is InChI=1S/C25H27ClN2O5S/c1-18-9-11-23(33-3)24(15-18)34(30,31)28(20-10-12-22(32-2)21(26)16-20)17-25(29)27-14-13-19-7-5-4-6-8-19/h4-12,15-16H,13-14,17H2,1-3H3,(H,27,29).